The molecule has 0 rings (SSSR count). The van der Waals surface area contributed by atoms with E-state index in [0.717, 1.165) is 12.8 Å². The van der Waals surface area contributed by atoms with Crippen LogP contribution in [0.5, 0.6) is 0 Å². The Balaban J connectivity index is 0. The quantitative estimate of drug-likeness (QED) is 0.128. The molecule has 0 aromatic carbocycles. The summed E-state index contributed by atoms with van der Waals surface area (Å²) in [5.74, 6) is -0.258. The van der Waals surface area contributed by atoms with Gasteiger partial charge in [-0.25, -0.2) is 8.42 Å². The predicted molar refractivity (Wildman–Crippen MR) is 131 cm³/mol. The smallest absolute Gasteiger partial charge is 0.309 e. The van der Waals surface area contributed by atoms with Crippen molar-refractivity contribution in [1.82, 2.24) is 0 Å². The third-order valence-corrected chi connectivity index (χ3v) is 4.53. The molecule has 0 bridgehead atoms. The average molecular weight is 496 g/mol. The number of hydrogen-bond acceptors (Lipinski definition) is 7. The van der Waals surface area contributed by atoms with Gasteiger partial charge in [0.05, 0.1) is 44.3 Å². The molecule has 0 spiro atoms. The highest BCUT2D eigenvalue weighted by Crippen LogP contribution is 2.12. The van der Waals surface area contributed by atoms with E-state index >= 15 is 0 Å². The summed E-state index contributed by atoms with van der Waals surface area (Å²) < 4.78 is 38.8. The number of hydrogen-bond donors (Lipinski definition) is 0. The number of nitrogens with zero attached hydrogens (tertiary/aromatic N) is 1. The minimum Gasteiger partial charge on any atom is -0.748 e. The van der Waals surface area contributed by atoms with Crippen LogP contribution < -0.4 is 0 Å². The minimum absolute atomic E-state index is 0.136. The van der Waals surface area contributed by atoms with E-state index < -0.39 is 16.2 Å². The van der Waals surface area contributed by atoms with Gasteiger partial charge in [-0.1, -0.05) is 72.1 Å². The van der Waals surface area contributed by atoms with Crippen molar-refractivity contribution < 1.29 is 36.5 Å². The highest BCUT2D eigenvalue weighted by molar-refractivity contribution is 7.84. The number of rotatable bonds is 17. The molecule has 0 amide bonds. The molecule has 1 atom stereocenters. The van der Waals surface area contributed by atoms with Gasteiger partial charge in [0.15, 0.2) is 6.10 Å². The monoisotopic (exact) mass is 495 g/mol. The summed E-state index contributed by atoms with van der Waals surface area (Å²) in [6.45, 7) is 7.26. The molecule has 0 aromatic rings. The molecule has 0 saturated heterocycles. The molecule has 0 fully saturated rings. The van der Waals surface area contributed by atoms with Crippen LogP contribution in [0.4, 0.5) is 0 Å². The number of ether oxygens (including phenoxy) is 2. The zero-order valence-electron chi connectivity index (χ0n) is 22.1. The zero-order valence-corrected chi connectivity index (χ0v) is 22.9. The Bertz CT molecular complexity index is 605. The molecule has 198 valence electrons. The van der Waals surface area contributed by atoms with E-state index in [1.165, 1.54) is 44.9 Å². The lowest BCUT2D eigenvalue weighted by molar-refractivity contribution is -0.873. The molecule has 0 unspecified atom stereocenters. The first-order chi connectivity index (χ1) is 15.1. The number of quaternary nitrogens is 1. The van der Waals surface area contributed by atoms with Gasteiger partial charge in [0, 0.05) is 12.7 Å². The Morgan fingerprint density at radius 1 is 0.848 bits per heavy atom. The van der Waals surface area contributed by atoms with Crippen molar-refractivity contribution in [2.45, 2.75) is 97.5 Å². The van der Waals surface area contributed by atoms with Gasteiger partial charge in [0.2, 0.25) is 0 Å². The van der Waals surface area contributed by atoms with Crippen molar-refractivity contribution in [3.63, 3.8) is 0 Å². The van der Waals surface area contributed by atoms with Crippen LogP contribution in [0.3, 0.4) is 0 Å². The van der Waals surface area contributed by atoms with Gasteiger partial charge in [-0.2, -0.15) is 0 Å². The molecule has 0 heterocycles. The van der Waals surface area contributed by atoms with E-state index in [-0.39, 0.29) is 24.3 Å². The van der Waals surface area contributed by atoms with Crippen molar-refractivity contribution in [1.29, 1.82) is 0 Å². The molecule has 0 saturated carbocycles. The van der Waals surface area contributed by atoms with Gasteiger partial charge in [0.1, 0.15) is 6.54 Å². The van der Waals surface area contributed by atoms with E-state index in [1.807, 2.05) is 35.0 Å². The molecule has 0 aliphatic heterocycles. The molecule has 8 nitrogen and oxygen atoms in total. The predicted octanol–water partition coefficient (Wildman–Crippen LogP) is 4.28. The number of esters is 2. The molecular weight excluding hydrogens is 446 g/mol. The highest BCUT2D eigenvalue weighted by Gasteiger charge is 2.25. The lowest BCUT2D eigenvalue weighted by Gasteiger charge is -2.28. The average Bonchev–Trinajstić information content (AvgIpc) is 2.59. The number of carbonyl (C=O) groups excluding carboxylic acids is 2. The van der Waals surface area contributed by atoms with E-state index in [0.29, 0.717) is 30.3 Å². The van der Waals surface area contributed by atoms with E-state index in [4.69, 9.17) is 22.4 Å². The van der Waals surface area contributed by atoms with Crippen LogP contribution in [0.15, 0.2) is 0 Å². The summed E-state index contributed by atoms with van der Waals surface area (Å²) in [4.78, 5) is 24.2. The molecule has 33 heavy (non-hydrogen) atoms. The first-order valence-corrected chi connectivity index (χ1v) is 14.0. The van der Waals surface area contributed by atoms with Crippen LogP contribution in [-0.4, -0.2) is 76.0 Å². The lowest BCUT2D eigenvalue weighted by atomic mass is 10.1. The Morgan fingerprint density at radius 3 is 1.73 bits per heavy atom. The summed E-state index contributed by atoms with van der Waals surface area (Å²) in [6.07, 6.45) is 11.8. The van der Waals surface area contributed by atoms with Crippen molar-refractivity contribution in [3.8, 4) is 0 Å². The van der Waals surface area contributed by atoms with Gasteiger partial charge >= 0.3 is 11.9 Å². The Labute approximate surface area is 202 Å². The second-order valence-corrected chi connectivity index (χ2v) is 11.5. The lowest BCUT2D eigenvalue weighted by Crippen LogP contribution is -2.44. The fourth-order valence-corrected chi connectivity index (χ4v) is 3.17. The SMILES string of the molecule is CCCCCCCCCCCOC(=O)C[C@H](C[N+](C)(C)C)OC(=O)CC(C)C.CS(=O)(=O)[O-]. The number of likely N-dealkylation sites (N-methyl/N-ethyl adjacent to an activating group) is 1. The maximum atomic E-state index is 12.2. The van der Waals surface area contributed by atoms with Gasteiger partial charge in [-0.05, 0) is 12.3 Å². The van der Waals surface area contributed by atoms with Crippen molar-refractivity contribution >= 4 is 22.1 Å². The summed E-state index contributed by atoms with van der Waals surface area (Å²) in [6, 6.07) is 0. The molecular formula is C24H49NO7S. The van der Waals surface area contributed by atoms with Crippen LogP contribution in [0.1, 0.15) is 91.4 Å². The molecule has 0 aliphatic rings. The largest absolute Gasteiger partial charge is 0.748 e. The molecule has 0 aliphatic carbocycles. The number of unbranched alkanes of at least 4 members (excludes halogenated alkanes) is 8. The van der Waals surface area contributed by atoms with Crippen LogP contribution in [0, 0.1) is 5.92 Å². The van der Waals surface area contributed by atoms with Gasteiger partial charge in [-0.15, -0.1) is 0 Å². The minimum atomic E-state index is -3.92. The summed E-state index contributed by atoms with van der Waals surface area (Å²) >= 11 is 0. The van der Waals surface area contributed by atoms with E-state index in [9.17, 15) is 9.59 Å². The van der Waals surface area contributed by atoms with Crippen LogP contribution in [0.25, 0.3) is 0 Å². The molecule has 9 heteroatoms. The standard InChI is InChI=1S/C23H46NO4.CH4O3S/c1-7-8-9-10-11-12-13-14-15-16-27-22(25)18-21(19-24(4,5)6)28-23(26)17-20(2)3;1-5(2,3)4/h20-21H,7-19H2,1-6H3;1H3,(H,2,3,4)/q+1;/p-1/t21-;/m1./s1. The first kappa shape index (κ1) is 34.0. The summed E-state index contributed by atoms with van der Waals surface area (Å²) in [5, 5.41) is 0. The molecule has 0 N–H and O–H groups in total. The Kier molecular flexibility index (Phi) is 19.7. The van der Waals surface area contributed by atoms with Crippen molar-refractivity contribution in [2.24, 2.45) is 5.92 Å². The van der Waals surface area contributed by atoms with Gasteiger partial charge < -0.3 is 18.5 Å². The molecule has 0 aromatic heterocycles. The van der Waals surface area contributed by atoms with Gasteiger partial charge in [0.25, 0.3) is 0 Å². The highest BCUT2D eigenvalue weighted by atomic mass is 32.2. The van der Waals surface area contributed by atoms with Crippen LogP contribution in [-0.2, 0) is 29.2 Å². The van der Waals surface area contributed by atoms with Crippen molar-refractivity contribution in [3.05, 3.63) is 0 Å². The number of carbonyl (C=O) groups is 2. The first-order valence-electron chi connectivity index (χ1n) is 12.2. The second-order valence-electron chi connectivity index (χ2n) is 10.1. The Morgan fingerprint density at radius 2 is 1.30 bits per heavy atom. The second kappa shape index (κ2) is 19.2. The van der Waals surface area contributed by atoms with Crippen molar-refractivity contribution in [2.75, 3.05) is 40.6 Å². The van der Waals surface area contributed by atoms with E-state index in [2.05, 4.69) is 6.92 Å². The van der Waals surface area contributed by atoms with Crippen LogP contribution in [0.2, 0.25) is 0 Å². The third kappa shape index (κ3) is 33.1. The summed E-state index contributed by atoms with van der Waals surface area (Å²) in [7, 11) is 2.16. The Hall–Kier alpha value is -1.19. The third-order valence-electron chi connectivity index (χ3n) is 4.53. The van der Waals surface area contributed by atoms with Gasteiger partial charge in [-0.3, -0.25) is 9.59 Å². The fourth-order valence-electron chi connectivity index (χ4n) is 3.17. The topological polar surface area (TPSA) is 110 Å². The molecule has 0 radical (unpaired) electrons. The maximum Gasteiger partial charge on any atom is 0.309 e. The normalized spacial score (nSPS) is 12.6. The zero-order chi connectivity index (χ0) is 25.9. The van der Waals surface area contributed by atoms with E-state index in [1.54, 1.807) is 0 Å². The fraction of sp³-hybridized carbons (Fsp3) is 0.917. The van der Waals surface area contributed by atoms with Crippen LogP contribution >= 0.6 is 0 Å². The summed E-state index contributed by atoms with van der Waals surface area (Å²) in [5.41, 5.74) is 0. The maximum absolute atomic E-state index is 12.2.